The van der Waals surface area contributed by atoms with Crippen LogP contribution in [0.25, 0.3) is 10.9 Å². The Morgan fingerprint density at radius 3 is 2.78 bits per heavy atom. The minimum absolute atomic E-state index is 0.138. The first-order valence-electron chi connectivity index (χ1n) is 6.80. The van der Waals surface area contributed by atoms with E-state index in [2.05, 4.69) is 31.5 Å². The van der Waals surface area contributed by atoms with Crippen molar-refractivity contribution in [3.05, 3.63) is 59.1 Å². The zero-order chi connectivity index (χ0) is 16.2. The first-order valence-corrected chi connectivity index (χ1v) is 7.60. The third-order valence-corrected chi connectivity index (χ3v) is 3.55. The molecule has 2 N–H and O–H groups in total. The Morgan fingerprint density at radius 2 is 2.00 bits per heavy atom. The minimum atomic E-state index is -0.453. The van der Waals surface area contributed by atoms with Crippen molar-refractivity contribution >= 4 is 44.3 Å². The molecule has 23 heavy (non-hydrogen) atoms. The lowest BCUT2D eigenvalue weighted by Crippen LogP contribution is -2.32. The molecule has 0 aliphatic heterocycles. The van der Waals surface area contributed by atoms with E-state index in [1.807, 2.05) is 18.2 Å². The van der Waals surface area contributed by atoms with Crippen molar-refractivity contribution < 1.29 is 14.0 Å². The Bertz CT molecular complexity index is 870. The Balaban J connectivity index is 1.64. The standard InChI is InChI=1S/C16H12BrN3O3/c17-14-7-6-13(23-14)16(22)19-9-15(21)20-12-5-1-4-11-10(12)3-2-8-18-11/h1-8H,9H2,(H,19,22)(H,20,21). The third kappa shape index (κ3) is 3.57. The van der Waals surface area contributed by atoms with Crippen LogP contribution in [-0.2, 0) is 4.79 Å². The maximum atomic E-state index is 12.0. The first kappa shape index (κ1) is 15.2. The number of carbonyl (C=O) groups excluding carboxylic acids is 2. The van der Waals surface area contributed by atoms with Crippen molar-refractivity contribution in [3.8, 4) is 0 Å². The van der Waals surface area contributed by atoms with Gasteiger partial charge in [-0.05, 0) is 52.3 Å². The summed E-state index contributed by atoms with van der Waals surface area (Å²) >= 11 is 3.12. The fourth-order valence-electron chi connectivity index (χ4n) is 2.09. The highest BCUT2D eigenvalue weighted by molar-refractivity contribution is 9.10. The van der Waals surface area contributed by atoms with E-state index in [4.69, 9.17) is 4.42 Å². The average Bonchev–Trinajstić information content (AvgIpc) is 2.99. The van der Waals surface area contributed by atoms with Crippen molar-refractivity contribution in [2.24, 2.45) is 0 Å². The molecule has 0 saturated heterocycles. The number of furan rings is 1. The Morgan fingerprint density at radius 1 is 1.13 bits per heavy atom. The van der Waals surface area contributed by atoms with Gasteiger partial charge in [-0.3, -0.25) is 14.6 Å². The number of aromatic nitrogens is 1. The van der Waals surface area contributed by atoms with Crippen molar-refractivity contribution in [2.45, 2.75) is 0 Å². The van der Waals surface area contributed by atoms with Crippen LogP contribution in [0.2, 0.25) is 0 Å². The quantitative estimate of drug-likeness (QED) is 0.736. The number of amides is 2. The van der Waals surface area contributed by atoms with E-state index in [9.17, 15) is 9.59 Å². The van der Waals surface area contributed by atoms with Crippen LogP contribution >= 0.6 is 15.9 Å². The molecule has 2 amide bonds. The number of nitrogens with one attached hydrogen (secondary N) is 2. The summed E-state index contributed by atoms with van der Waals surface area (Å²) in [4.78, 5) is 28.1. The number of carbonyl (C=O) groups is 2. The van der Waals surface area contributed by atoms with Gasteiger partial charge in [-0.15, -0.1) is 0 Å². The predicted molar refractivity (Wildman–Crippen MR) is 89.1 cm³/mol. The number of hydrogen-bond acceptors (Lipinski definition) is 4. The van der Waals surface area contributed by atoms with Crippen LogP contribution in [0.3, 0.4) is 0 Å². The second-order valence-corrected chi connectivity index (χ2v) is 5.49. The molecule has 3 aromatic rings. The molecule has 0 fully saturated rings. The lowest BCUT2D eigenvalue weighted by Gasteiger charge is -2.08. The highest BCUT2D eigenvalue weighted by Gasteiger charge is 2.12. The summed E-state index contributed by atoms with van der Waals surface area (Å²) in [5.74, 6) is -0.648. The molecule has 0 aliphatic carbocycles. The SMILES string of the molecule is O=C(CNC(=O)c1ccc(Br)o1)Nc1cccc2ncccc12. The van der Waals surface area contributed by atoms with Gasteiger partial charge >= 0.3 is 0 Å². The normalized spacial score (nSPS) is 10.5. The van der Waals surface area contributed by atoms with Crippen molar-refractivity contribution in [3.63, 3.8) is 0 Å². The number of fused-ring (bicyclic) bond motifs is 1. The lowest BCUT2D eigenvalue weighted by molar-refractivity contribution is -0.115. The highest BCUT2D eigenvalue weighted by Crippen LogP contribution is 2.21. The number of pyridine rings is 1. The number of benzene rings is 1. The van der Waals surface area contributed by atoms with E-state index in [0.717, 1.165) is 10.9 Å². The summed E-state index contributed by atoms with van der Waals surface area (Å²) in [5.41, 5.74) is 1.44. The zero-order valence-corrected chi connectivity index (χ0v) is 13.5. The van der Waals surface area contributed by atoms with Gasteiger partial charge in [-0.2, -0.15) is 0 Å². The van der Waals surface area contributed by atoms with Crippen LogP contribution < -0.4 is 10.6 Å². The van der Waals surface area contributed by atoms with E-state index >= 15 is 0 Å². The largest absolute Gasteiger partial charge is 0.444 e. The van der Waals surface area contributed by atoms with E-state index in [0.29, 0.717) is 10.4 Å². The molecule has 0 unspecified atom stereocenters. The number of hydrogen-bond donors (Lipinski definition) is 2. The van der Waals surface area contributed by atoms with Gasteiger partial charge in [-0.1, -0.05) is 6.07 Å². The number of nitrogens with zero attached hydrogens (tertiary/aromatic N) is 1. The molecule has 1 aromatic carbocycles. The van der Waals surface area contributed by atoms with Crippen molar-refractivity contribution in [2.75, 3.05) is 11.9 Å². The van der Waals surface area contributed by atoms with E-state index in [1.54, 1.807) is 24.4 Å². The van der Waals surface area contributed by atoms with Crippen LogP contribution in [0.15, 0.2) is 57.7 Å². The molecule has 2 heterocycles. The number of rotatable bonds is 4. The zero-order valence-electron chi connectivity index (χ0n) is 11.9. The molecule has 0 saturated carbocycles. The highest BCUT2D eigenvalue weighted by atomic mass is 79.9. The number of anilines is 1. The van der Waals surface area contributed by atoms with Crippen LogP contribution in [0.1, 0.15) is 10.6 Å². The monoisotopic (exact) mass is 373 g/mol. The molecule has 6 nitrogen and oxygen atoms in total. The van der Waals surface area contributed by atoms with Crippen LogP contribution in [0.5, 0.6) is 0 Å². The van der Waals surface area contributed by atoms with Crippen molar-refractivity contribution in [1.82, 2.24) is 10.3 Å². The molecule has 0 atom stereocenters. The van der Waals surface area contributed by atoms with E-state index in [1.165, 1.54) is 6.07 Å². The molecule has 0 radical (unpaired) electrons. The Kier molecular flexibility index (Phi) is 4.38. The van der Waals surface area contributed by atoms with Gasteiger partial charge in [0.25, 0.3) is 5.91 Å². The van der Waals surface area contributed by atoms with Gasteiger partial charge < -0.3 is 15.1 Å². The molecular weight excluding hydrogens is 362 g/mol. The van der Waals surface area contributed by atoms with Gasteiger partial charge in [0.1, 0.15) is 0 Å². The second-order valence-electron chi connectivity index (χ2n) is 4.71. The summed E-state index contributed by atoms with van der Waals surface area (Å²) in [6.07, 6.45) is 1.69. The third-order valence-electron chi connectivity index (χ3n) is 3.13. The Hall–Kier alpha value is -2.67. The average molecular weight is 374 g/mol. The van der Waals surface area contributed by atoms with E-state index < -0.39 is 5.91 Å². The fraction of sp³-hybridized carbons (Fsp3) is 0.0625. The predicted octanol–water partition coefficient (Wildman–Crippen LogP) is 2.96. The maximum absolute atomic E-state index is 12.0. The van der Waals surface area contributed by atoms with Gasteiger partial charge in [0.2, 0.25) is 5.91 Å². The maximum Gasteiger partial charge on any atom is 0.287 e. The molecular formula is C16H12BrN3O3. The summed E-state index contributed by atoms with van der Waals surface area (Å²) in [6, 6.07) is 12.3. The smallest absolute Gasteiger partial charge is 0.287 e. The topological polar surface area (TPSA) is 84.2 Å². The molecule has 3 rings (SSSR count). The lowest BCUT2D eigenvalue weighted by atomic mass is 10.2. The van der Waals surface area contributed by atoms with Crippen molar-refractivity contribution in [1.29, 1.82) is 0 Å². The summed E-state index contributed by atoms with van der Waals surface area (Å²) < 4.78 is 5.57. The van der Waals surface area contributed by atoms with Gasteiger partial charge in [0, 0.05) is 11.6 Å². The summed E-state index contributed by atoms with van der Waals surface area (Å²) in [7, 11) is 0. The first-order chi connectivity index (χ1) is 11.1. The fourth-order valence-corrected chi connectivity index (χ4v) is 2.40. The van der Waals surface area contributed by atoms with Gasteiger partial charge in [0.05, 0.1) is 17.7 Å². The Labute approximate surface area is 140 Å². The summed E-state index contributed by atoms with van der Waals surface area (Å²) in [5, 5.41) is 6.10. The van der Waals surface area contributed by atoms with Crippen LogP contribution in [0, 0.1) is 0 Å². The molecule has 0 spiro atoms. The molecule has 7 heteroatoms. The summed E-state index contributed by atoms with van der Waals surface area (Å²) in [6.45, 7) is -0.159. The molecule has 0 bridgehead atoms. The number of halogens is 1. The molecule has 0 aliphatic rings. The molecule has 2 aromatic heterocycles. The molecule has 116 valence electrons. The van der Waals surface area contributed by atoms with Crippen LogP contribution in [-0.4, -0.2) is 23.3 Å². The van der Waals surface area contributed by atoms with Gasteiger partial charge in [-0.25, -0.2) is 0 Å². The second kappa shape index (κ2) is 6.62. The van der Waals surface area contributed by atoms with Crippen LogP contribution in [0.4, 0.5) is 5.69 Å². The minimum Gasteiger partial charge on any atom is -0.444 e. The van der Waals surface area contributed by atoms with E-state index in [-0.39, 0.29) is 18.2 Å². The van der Waals surface area contributed by atoms with Gasteiger partial charge in [0.15, 0.2) is 10.4 Å².